The van der Waals surface area contributed by atoms with Crippen LogP contribution in [0.4, 0.5) is 0 Å². The van der Waals surface area contributed by atoms with Crippen LogP contribution in [0.2, 0.25) is 0 Å². The fourth-order valence-electron chi connectivity index (χ4n) is 1.28. The van der Waals surface area contributed by atoms with Gasteiger partial charge < -0.3 is 8.85 Å². The van der Waals surface area contributed by atoms with Gasteiger partial charge in [0, 0.05) is 13.2 Å². The van der Waals surface area contributed by atoms with Gasteiger partial charge in [0.05, 0.1) is 0 Å². The van der Waals surface area contributed by atoms with Crippen LogP contribution >= 0.6 is 0 Å². The van der Waals surface area contributed by atoms with E-state index in [0.29, 0.717) is 0 Å². The van der Waals surface area contributed by atoms with Crippen molar-refractivity contribution < 1.29 is 8.85 Å². The van der Waals surface area contributed by atoms with Crippen LogP contribution in [0.3, 0.4) is 0 Å². The average Bonchev–Trinajstić information content (AvgIpc) is 2.24. The van der Waals surface area contributed by atoms with Crippen LogP contribution in [0.15, 0.2) is 23.6 Å². The number of rotatable bonds is 8. The quantitative estimate of drug-likeness (QED) is 0.592. The van der Waals surface area contributed by atoms with E-state index in [1.807, 2.05) is 26.0 Å². The smallest absolute Gasteiger partial charge is 0.388 e. The molecule has 0 spiro atoms. The summed E-state index contributed by atoms with van der Waals surface area (Å²) in [6.45, 7) is 9.79. The zero-order valence-electron chi connectivity index (χ0n) is 10.5. The molecule has 0 fully saturated rings. The SMILES string of the molecule is C/C=C/[Si](/C=C/C)(OCCC)OCCC. The first-order chi connectivity index (χ1) is 7.24. The molecule has 0 bridgehead atoms. The summed E-state index contributed by atoms with van der Waals surface area (Å²) in [6, 6.07) is 0. The monoisotopic (exact) mass is 228 g/mol. The van der Waals surface area contributed by atoms with Crippen LogP contribution in [0.5, 0.6) is 0 Å². The maximum atomic E-state index is 5.90. The highest BCUT2D eigenvalue weighted by Crippen LogP contribution is 2.13. The molecule has 0 aromatic rings. The largest absolute Gasteiger partial charge is 0.391 e. The third kappa shape index (κ3) is 5.92. The lowest BCUT2D eigenvalue weighted by molar-refractivity contribution is 0.189. The summed E-state index contributed by atoms with van der Waals surface area (Å²) in [5.74, 6) is 0. The van der Waals surface area contributed by atoms with Crippen LogP contribution in [0.1, 0.15) is 40.5 Å². The molecular weight excluding hydrogens is 204 g/mol. The third-order valence-corrected chi connectivity index (χ3v) is 4.77. The summed E-state index contributed by atoms with van der Waals surface area (Å²) in [6.07, 6.45) is 6.10. The first kappa shape index (κ1) is 14.6. The van der Waals surface area contributed by atoms with Crippen LogP contribution in [0.25, 0.3) is 0 Å². The summed E-state index contributed by atoms with van der Waals surface area (Å²) in [5, 5.41) is 0. The molecule has 0 aliphatic carbocycles. The van der Waals surface area contributed by atoms with E-state index in [0.717, 1.165) is 26.1 Å². The van der Waals surface area contributed by atoms with Gasteiger partial charge in [0.15, 0.2) is 0 Å². The lowest BCUT2D eigenvalue weighted by atomic mass is 10.5. The second-order valence-corrected chi connectivity index (χ2v) is 6.11. The molecule has 3 heteroatoms. The Kier molecular flexibility index (Phi) is 8.66. The van der Waals surface area contributed by atoms with Crippen molar-refractivity contribution in [2.45, 2.75) is 40.5 Å². The Balaban J connectivity index is 4.55. The predicted molar refractivity (Wildman–Crippen MR) is 67.9 cm³/mol. The molecule has 0 saturated heterocycles. The molecule has 0 aromatic heterocycles. The van der Waals surface area contributed by atoms with Gasteiger partial charge in [-0.25, -0.2) is 0 Å². The molecule has 2 nitrogen and oxygen atoms in total. The Morgan fingerprint density at radius 3 is 1.53 bits per heavy atom. The predicted octanol–water partition coefficient (Wildman–Crippen LogP) is 3.51. The molecule has 0 N–H and O–H groups in total. The van der Waals surface area contributed by atoms with Crippen molar-refractivity contribution in [2.75, 3.05) is 13.2 Å². The van der Waals surface area contributed by atoms with Gasteiger partial charge in [0.2, 0.25) is 0 Å². The molecule has 15 heavy (non-hydrogen) atoms. The number of hydrogen-bond acceptors (Lipinski definition) is 2. The summed E-state index contributed by atoms with van der Waals surface area (Å²) >= 11 is 0. The van der Waals surface area contributed by atoms with Crippen LogP contribution < -0.4 is 0 Å². The van der Waals surface area contributed by atoms with Gasteiger partial charge in [0.1, 0.15) is 0 Å². The summed E-state index contributed by atoms with van der Waals surface area (Å²) in [5.41, 5.74) is 4.19. The molecule has 0 unspecified atom stereocenters. The highest BCUT2D eigenvalue weighted by Gasteiger charge is 2.30. The van der Waals surface area contributed by atoms with E-state index in [4.69, 9.17) is 8.85 Å². The van der Waals surface area contributed by atoms with E-state index in [1.54, 1.807) is 0 Å². The lowest BCUT2D eigenvalue weighted by Crippen LogP contribution is -2.39. The van der Waals surface area contributed by atoms with Crippen LogP contribution in [-0.2, 0) is 8.85 Å². The maximum absolute atomic E-state index is 5.90. The average molecular weight is 228 g/mol. The third-order valence-electron chi connectivity index (χ3n) is 1.86. The summed E-state index contributed by atoms with van der Waals surface area (Å²) in [7, 11) is -2.20. The van der Waals surface area contributed by atoms with Gasteiger partial charge in [-0.15, -0.1) is 0 Å². The Morgan fingerprint density at radius 1 is 0.867 bits per heavy atom. The minimum Gasteiger partial charge on any atom is -0.388 e. The topological polar surface area (TPSA) is 18.5 Å². The molecule has 0 rings (SSSR count). The van der Waals surface area contributed by atoms with E-state index < -0.39 is 8.56 Å². The highest BCUT2D eigenvalue weighted by atomic mass is 28.4. The van der Waals surface area contributed by atoms with Crippen molar-refractivity contribution in [3.8, 4) is 0 Å². The molecule has 0 heterocycles. The van der Waals surface area contributed by atoms with Gasteiger partial charge in [-0.05, 0) is 38.1 Å². The zero-order valence-corrected chi connectivity index (χ0v) is 11.5. The fraction of sp³-hybridized carbons (Fsp3) is 0.667. The Morgan fingerprint density at radius 2 is 1.27 bits per heavy atom. The Labute approximate surface area is 95.2 Å². The summed E-state index contributed by atoms with van der Waals surface area (Å²) < 4.78 is 11.8. The molecule has 0 atom stereocenters. The van der Waals surface area contributed by atoms with Crippen molar-refractivity contribution in [1.29, 1.82) is 0 Å². The zero-order chi connectivity index (χ0) is 11.6. The van der Waals surface area contributed by atoms with Crippen molar-refractivity contribution in [1.82, 2.24) is 0 Å². The fourth-order valence-corrected chi connectivity index (χ4v) is 3.83. The minimum absolute atomic E-state index is 0.768. The van der Waals surface area contributed by atoms with E-state index in [2.05, 4.69) is 25.2 Å². The van der Waals surface area contributed by atoms with Crippen LogP contribution in [-0.4, -0.2) is 21.8 Å². The van der Waals surface area contributed by atoms with Crippen LogP contribution in [0, 0.1) is 0 Å². The van der Waals surface area contributed by atoms with Crippen molar-refractivity contribution in [3.05, 3.63) is 23.6 Å². The molecule has 0 aliphatic heterocycles. The van der Waals surface area contributed by atoms with Gasteiger partial charge in [-0.2, -0.15) is 0 Å². The normalized spacial score (nSPS) is 13.1. The van der Waals surface area contributed by atoms with Gasteiger partial charge in [0.25, 0.3) is 0 Å². The molecule has 0 amide bonds. The first-order valence-corrected chi connectivity index (χ1v) is 7.77. The molecule has 0 radical (unpaired) electrons. The molecule has 88 valence electrons. The van der Waals surface area contributed by atoms with Gasteiger partial charge in [-0.1, -0.05) is 26.0 Å². The van der Waals surface area contributed by atoms with Crippen molar-refractivity contribution in [3.63, 3.8) is 0 Å². The second-order valence-electron chi connectivity index (χ2n) is 3.42. The van der Waals surface area contributed by atoms with E-state index >= 15 is 0 Å². The number of hydrogen-bond donors (Lipinski definition) is 0. The van der Waals surface area contributed by atoms with E-state index in [9.17, 15) is 0 Å². The molecular formula is C12H24O2Si. The lowest BCUT2D eigenvalue weighted by Gasteiger charge is -2.24. The van der Waals surface area contributed by atoms with Crippen molar-refractivity contribution in [2.24, 2.45) is 0 Å². The maximum Gasteiger partial charge on any atom is 0.391 e. The molecule has 0 saturated carbocycles. The highest BCUT2D eigenvalue weighted by molar-refractivity contribution is 6.77. The Hall–Kier alpha value is -0.383. The number of allylic oxidation sites excluding steroid dienone is 2. The van der Waals surface area contributed by atoms with E-state index in [-0.39, 0.29) is 0 Å². The second kappa shape index (κ2) is 8.89. The van der Waals surface area contributed by atoms with Crippen molar-refractivity contribution >= 4 is 8.56 Å². The van der Waals surface area contributed by atoms with Gasteiger partial charge in [-0.3, -0.25) is 0 Å². The first-order valence-electron chi connectivity index (χ1n) is 5.80. The molecule has 0 aromatic carbocycles. The van der Waals surface area contributed by atoms with Gasteiger partial charge >= 0.3 is 8.56 Å². The molecule has 0 aliphatic rings. The van der Waals surface area contributed by atoms with E-state index in [1.165, 1.54) is 0 Å². The Bertz CT molecular complexity index is 178. The summed E-state index contributed by atoms with van der Waals surface area (Å²) in [4.78, 5) is 0. The minimum atomic E-state index is -2.20. The standard InChI is InChI=1S/C12H24O2Si/c1-5-9-13-15(11-7-3,12-8-4)14-10-6-2/h7-8,11-12H,5-6,9-10H2,1-4H3/b11-7+,12-8+.